The van der Waals surface area contributed by atoms with Crippen LogP contribution in [-0.2, 0) is 12.8 Å². The van der Waals surface area contributed by atoms with E-state index in [4.69, 9.17) is 0 Å². The Labute approximate surface area is 169 Å². The largest absolute Gasteiger partial charge is 0.508 e. The number of rotatable bonds is 10. The molecule has 1 aromatic heterocycles. The average Bonchev–Trinajstić information content (AvgIpc) is 3.15. The van der Waals surface area contributed by atoms with Crippen molar-refractivity contribution in [3.63, 3.8) is 0 Å². The second-order valence-corrected chi connectivity index (χ2v) is 7.87. The SMILES string of the molecule is CCCCCc1cc(O)c(CC=C(C)CCC=C(C)C)c(O)c1-c1ccc[nH]1. The number of hydrogen-bond acceptors (Lipinski definition) is 2. The summed E-state index contributed by atoms with van der Waals surface area (Å²) in [6.45, 7) is 8.51. The lowest BCUT2D eigenvalue weighted by Gasteiger charge is -2.16. The van der Waals surface area contributed by atoms with E-state index in [1.165, 1.54) is 11.1 Å². The third kappa shape index (κ3) is 6.05. The van der Waals surface area contributed by atoms with Crippen LogP contribution in [0.1, 0.15) is 70.9 Å². The van der Waals surface area contributed by atoms with Crippen LogP contribution in [0.5, 0.6) is 11.5 Å². The summed E-state index contributed by atoms with van der Waals surface area (Å²) in [5.41, 5.74) is 5.92. The number of phenols is 2. The van der Waals surface area contributed by atoms with Crippen LogP contribution in [0.2, 0.25) is 0 Å². The maximum Gasteiger partial charge on any atom is 0.132 e. The molecule has 0 atom stereocenters. The molecule has 3 N–H and O–H groups in total. The van der Waals surface area contributed by atoms with Gasteiger partial charge in [-0.25, -0.2) is 0 Å². The number of benzene rings is 1. The number of hydrogen-bond donors (Lipinski definition) is 3. The maximum absolute atomic E-state index is 11.0. The van der Waals surface area contributed by atoms with Crippen LogP contribution in [0.3, 0.4) is 0 Å². The van der Waals surface area contributed by atoms with Gasteiger partial charge in [-0.15, -0.1) is 0 Å². The molecule has 0 unspecified atom stereocenters. The van der Waals surface area contributed by atoms with Gasteiger partial charge in [0.1, 0.15) is 11.5 Å². The number of aromatic hydroxyl groups is 2. The van der Waals surface area contributed by atoms with Gasteiger partial charge >= 0.3 is 0 Å². The third-order valence-corrected chi connectivity index (χ3v) is 5.13. The van der Waals surface area contributed by atoms with Crippen LogP contribution in [0.15, 0.2) is 47.7 Å². The smallest absolute Gasteiger partial charge is 0.132 e. The fourth-order valence-electron chi connectivity index (χ4n) is 3.47. The molecule has 0 saturated carbocycles. The van der Waals surface area contributed by atoms with Gasteiger partial charge in [-0.2, -0.15) is 0 Å². The van der Waals surface area contributed by atoms with E-state index < -0.39 is 0 Å². The third-order valence-electron chi connectivity index (χ3n) is 5.13. The Kier molecular flexibility index (Phi) is 8.43. The van der Waals surface area contributed by atoms with Crippen molar-refractivity contribution >= 4 is 0 Å². The average molecular weight is 382 g/mol. The molecule has 0 bridgehead atoms. The molecule has 0 aliphatic rings. The Bertz CT molecular complexity index is 810. The van der Waals surface area contributed by atoms with Crippen LogP contribution in [0.4, 0.5) is 0 Å². The summed E-state index contributed by atoms with van der Waals surface area (Å²) >= 11 is 0. The molecule has 0 spiro atoms. The first-order valence-electron chi connectivity index (χ1n) is 10.4. The summed E-state index contributed by atoms with van der Waals surface area (Å²) in [5.74, 6) is 0.384. The Balaban J connectivity index is 2.30. The molecule has 0 aliphatic carbocycles. The summed E-state index contributed by atoms with van der Waals surface area (Å²) in [6.07, 6.45) is 12.9. The van der Waals surface area contributed by atoms with Gasteiger partial charge in [-0.1, -0.05) is 43.1 Å². The van der Waals surface area contributed by atoms with Crippen LogP contribution >= 0.6 is 0 Å². The Morgan fingerprint density at radius 2 is 1.89 bits per heavy atom. The molecule has 0 saturated heterocycles. The molecule has 3 heteroatoms. The summed E-state index contributed by atoms with van der Waals surface area (Å²) in [5, 5.41) is 21.6. The number of H-pyrrole nitrogens is 1. The quantitative estimate of drug-likeness (QED) is 0.305. The molecule has 28 heavy (non-hydrogen) atoms. The van der Waals surface area contributed by atoms with Gasteiger partial charge in [0.15, 0.2) is 0 Å². The molecule has 2 aromatic rings. The predicted molar refractivity (Wildman–Crippen MR) is 119 cm³/mol. The van der Waals surface area contributed by atoms with Gasteiger partial charge in [0.2, 0.25) is 0 Å². The lowest BCUT2D eigenvalue weighted by molar-refractivity contribution is 0.440. The number of aromatic amines is 1. The van der Waals surface area contributed by atoms with Crippen LogP contribution in [0, 0.1) is 0 Å². The van der Waals surface area contributed by atoms with Crippen molar-refractivity contribution in [1.82, 2.24) is 4.98 Å². The minimum Gasteiger partial charge on any atom is -0.508 e. The predicted octanol–water partition coefficient (Wildman–Crippen LogP) is 7.06. The first-order valence-corrected chi connectivity index (χ1v) is 10.4. The molecule has 152 valence electrons. The van der Waals surface area contributed by atoms with Crippen molar-refractivity contribution in [2.45, 2.75) is 72.6 Å². The molecule has 1 aromatic carbocycles. The molecule has 1 heterocycles. The van der Waals surface area contributed by atoms with Crippen LogP contribution < -0.4 is 0 Å². The second kappa shape index (κ2) is 10.8. The van der Waals surface area contributed by atoms with Gasteiger partial charge in [-0.3, -0.25) is 0 Å². The zero-order valence-corrected chi connectivity index (χ0v) is 17.8. The van der Waals surface area contributed by atoms with Crippen molar-refractivity contribution in [2.75, 3.05) is 0 Å². The molecule has 0 fully saturated rings. The molecule has 2 rings (SSSR count). The molecular formula is C25H35NO2. The van der Waals surface area contributed by atoms with Crippen molar-refractivity contribution in [3.8, 4) is 22.8 Å². The van der Waals surface area contributed by atoms with E-state index in [0.29, 0.717) is 12.0 Å². The number of nitrogens with one attached hydrogen (secondary N) is 1. The molecule has 3 nitrogen and oxygen atoms in total. The van der Waals surface area contributed by atoms with E-state index >= 15 is 0 Å². The van der Waals surface area contributed by atoms with E-state index in [-0.39, 0.29) is 11.5 Å². The zero-order chi connectivity index (χ0) is 20.5. The van der Waals surface area contributed by atoms with E-state index in [0.717, 1.165) is 55.3 Å². The number of phenolic OH excluding ortho intramolecular Hbond substituents is 2. The van der Waals surface area contributed by atoms with Crippen LogP contribution in [0.25, 0.3) is 11.3 Å². The highest BCUT2D eigenvalue weighted by Crippen LogP contribution is 2.41. The highest BCUT2D eigenvalue weighted by molar-refractivity contribution is 5.75. The highest BCUT2D eigenvalue weighted by atomic mass is 16.3. The van der Waals surface area contributed by atoms with Gasteiger partial charge in [-0.05, 0) is 76.6 Å². The standard InChI is InChI=1S/C25H35NO2/c1-5-6-7-12-20-17-23(27)21(15-14-19(4)11-8-10-18(2)3)25(28)24(20)22-13-9-16-26-22/h9-10,13-14,16-17,26-28H,5-8,11-12,15H2,1-4H3. The maximum atomic E-state index is 11.0. The van der Waals surface area contributed by atoms with Crippen molar-refractivity contribution < 1.29 is 10.2 Å². The first-order chi connectivity index (χ1) is 13.4. The Morgan fingerprint density at radius 3 is 2.54 bits per heavy atom. The lowest BCUT2D eigenvalue weighted by Crippen LogP contribution is -1.97. The van der Waals surface area contributed by atoms with E-state index in [1.807, 2.05) is 24.4 Å². The summed E-state index contributed by atoms with van der Waals surface area (Å²) in [6, 6.07) is 5.75. The first kappa shape index (κ1) is 21.9. The topological polar surface area (TPSA) is 56.2 Å². The van der Waals surface area contributed by atoms with Gasteiger partial charge in [0.05, 0.1) is 0 Å². The monoisotopic (exact) mass is 381 g/mol. The van der Waals surface area contributed by atoms with E-state index in [2.05, 4.69) is 44.8 Å². The zero-order valence-electron chi connectivity index (χ0n) is 17.8. The lowest BCUT2D eigenvalue weighted by atomic mass is 9.93. The minimum atomic E-state index is 0.188. The van der Waals surface area contributed by atoms with Gasteiger partial charge < -0.3 is 15.2 Å². The number of aromatic nitrogens is 1. The van der Waals surface area contributed by atoms with Crippen molar-refractivity contribution in [2.24, 2.45) is 0 Å². The minimum absolute atomic E-state index is 0.188. The normalized spacial score (nSPS) is 11.6. The second-order valence-electron chi connectivity index (χ2n) is 7.87. The summed E-state index contributed by atoms with van der Waals surface area (Å²) in [7, 11) is 0. The molecular weight excluding hydrogens is 346 g/mol. The summed E-state index contributed by atoms with van der Waals surface area (Å²) in [4.78, 5) is 3.21. The van der Waals surface area contributed by atoms with Gasteiger partial charge in [0, 0.05) is 23.0 Å². The van der Waals surface area contributed by atoms with Crippen LogP contribution in [-0.4, -0.2) is 15.2 Å². The van der Waals surface area contributed by atoms with Crippen molar-refractivity contribution in [1.29, 1.82) is 0 Å². The molecule has 0 aliphatic heterocycles. The fourth-order valence-corrected chi connectivity index (χ4v) is 3.47. The fraction of sp³-hybridized carbons (Fsp3) is 0.440. The summed E-state index contributed by atoms with van der Waals surface area (Å²) < 4.78 is 0. The molecule has 0 radical (unpaired) electrons. The van der Waals surface area contributed by atoms with E-state index in [9.17, 15) is 10.2 Å². The molecule has 0 amide bonds. The highest BCUT2D eigenvalue weighted by Gasteiger charge is 2.18. The number of allylic oxidation sites excluding steroid dienone is 4. The Hall–Kier alpha value is -2.42. The van der Waals surface area contributed by atoms with Gasteiger partial charge in [0.25, 0.3) is 0 Å². The number of unbranched alkanes of at least 4 members (excludes halogenated alkanes) is 2. The van der Waals surface area contributed by atoms with Crippen molar-refractivity contribution in [3.05, 3.63) is 58.8 Å². The Morgan fingerprint density at radius 1 is 1.11 bits per heavy atom. The van der Waals surface area contributed by atoms with E-state index in [1.54, 1.807) is 0 Å². The number of aryl methyl sites for hydroxylation is 1.